The molecule has 3 aliphatic heterocycles. The van der Waals surface area contributed by atoms with Gasteiger partial charge in [-0.25, -0.2) is 0 Å². The Morgan fingerprint density at radius 2 is 1.74 bits per heavy atom. The molecule has 3 aliphatic rings. The number of carbonyl (C=O) groups is 1. The molecule has 3 aromatic rings. The van der Waals surface area contributed by atoms with Crippen LogP contribution in [0.3, 0.4) is 0 Å². The Bertz CT molecular complexity index is 1350. The van der Waals surface area contributed by atoms with E-state index in [-0.39, 0.29) is 11.9 Å². The summed E-state index contributed by atoms with van der Waals surface area (Å²) in [6, 6.07) is 16.1. The third-order valence-electron chi connectivity index (χ3n) is 7.85. The third kappa shape index (κ3) is 5.05. The van der Waals surface area contributed by atoms with Crippen LogP contribution in [-0.2, 0) is 0 Å². The molecule has 0 aromatic heterocycles. The Hall–Kier alpha value is -3.29. The van der Waals surface area contributed by atoms with Crippen molar-refractivity contribution in [2.75, 3.05) is 57.9 Å². The smallest absolute Gasteiger partial charge is 0.256 e. The Labute approximate surface area is 228 Å². The fourth-order valence-corrected chi connectivity index (χ4v) is 5.84. The lowest BCUT2D eigenvalue weighted by Gasteiger charge is -2.36. The highest BCUT2D eigenvalue weighted by molar-refractivity contribution is 6.30. The van der Waals surface area contributed by atoms with Crippen molar-refractivity contribution in [3.63, 3.8) is 0 Å². The van der Waals surface area contributed by atoms with E-state index in [0.29, 0.717) is 17.9 Å². The van der Waals surface area contributed by atoms with Crippen molar-refractivity contribution < 1.29 is 14.3 Å². The average molecular weight is 533 g/mol. The predicted molar refractivity (Wildman–Crippen MR) is 153 cm³/mol. The first-order valence-corrected chi connectivity index (χ1v) is 13.8. The topological polar surface area (TPSA) is 57.6 Å². The molecule has 1 atom stereocenters. The molecule has 6 rings (SSSR count). The maximum Gasteiger partial charge on any atom is 0.256 e. The van der Waals surface area contributed by atoms with Crippen LogP contribution < -0.4 is 14.4 Å². The van der Waals surface area contributed by atoms with Gasteiger partial charge < -0.3 is 19.3 Å². The summed E-state index contributed by atoms with van der Waals surface area (Å²) in [5.41, 5.74) is 2.61. The minimum atomic E-state index is 0.0650. The van der Waals surface area contributed by atoms with Crippen LogP contribution >= 0.6 is 11.6 Å². The largest absolute Gasteiger partial charge is 0.493 e. The van der Waals surface area contributed by atoms with Crippen molar-refractivity contribution in [2.45, 2.75) is 25.3 Å². The van der Waals surface area contributed by atoms with Gasteiger partial charge in [0.2, 0.25) is 0 Å². The number of anilines is 1. The number of methoxy groups -OCH3 is 1. The number of carbonyl (C=O) groups excluding carboxylic acids is 1. The van der Waals surface area contributed by atoms with Gasteiger partial charge in [-0.05, 0) is 78.6 Å². The van der Waals surface area contributed by atoms with E-state index < -0.39 is 0 Å². The minimum Gasteiger partial charge on any atom is -0.493 e. The highest BCUT2D eigenvalue weighted by Gasteiger charge is 2.31. The Balaban J connectivity index is 1.08. The third-order valence-corrected chi connectivity index (χ3v) is 8.11. The van der Waals surface area contributed by atoms with Gasteiger partial charge in [0.05, 0.1) is 31.0 Å². The van der Waals surface area contributed by atoms with Crippen molar-refractivity contribution in [1.82, 2.24) is 9.80 Å². The van der Waals surface area contributed by atoms with Crippen LogP contribution in [0.25, 0.3) is 10.8 Å². The first kappa shape index (κ1) is 25.0. The molecule has 0 spiro atoms. The molecular formula is C30H33ClN4O3. The zero-order chi connectivity index (χ0) is 26.1. The lowest BCUT2D eigenvalue weighted by molar-refractivity contribution is 0.0775. The van der Waals surface area contributed by atoms with E-state index in [1.165, 1.54) is 5.69 Å². The van der Waals surface area contributed by atoms with E-state index >= 15 is 0 Å². The van der Waals surface area contributed by atoms with Gasteiger partial charge in [0.1, 0.15) is 0 Å². The molecule has 3 heterocycles. The molecule has 1 amide bonds. The zero-order valence-electron chi connectivity index (χ0n) is 21.7. The number of amides is 1. The summed E-state index contributed by atoms with van der Waals surface area (Å²) in [4.78, 5) is 24.7. The van der Waals surface area contributed by atoms with Crippen molar-refractivity contribution >= 4 is 45.9 Å². The summed E-state index contributed by atoms with van der Waals surface area (Å²) in [7, 11) is 1.65. The maximum absolute atomic E-state index is 13.2. The summed E-state index contributed by atoms with van der Waals surface area (Å²) >= 11 is 6.03. The molecule has 198 valence electrons. The molecule has 0 N–H and O–H groups in total. The quantitative estimate of drug-likeness (QED) is 0.381. The number of nitrogens with zero attached hydrogens (tertiary/aromatic N) is 4. The van der Waals surface area contributed by atoms with E-state index in [9.17, 15) is 4.79 Å². The SMILES string of the molecule is COc1cc2cc3c(cc2cc1OCCCN1CCN(c2ccc(Cl)cc2)CC1)N=C[C@@H]1CCCN1C3=O. The summed E-state index contributed by atoms with van der Waals surface area (Å²) in [5.74, 6) is 1.46. The lowest BCUT2D eigenvalue weighted by Crippen LogP contribution is -2.46. The first-order valence-electron chi connectivity index (χ1n) is 13.5. The summed E-state index contributed by atoms with van der Waals surface area (Å²) in [6.07, 6.45) is 4.87. The minimum absolute atomic E-state index is 0.0650. The van der Waals surface area contributed by atoms with Gasteiger partial charge in [0.25, 0.3) is 5.91 Å². The maximum atomic E-state index is 13.2. The standard InChI is InChI=1S/C30H33ClN4O3/c1-37-28-18-21-16-26-27(32-20-25-4-2-10-35(25)30(26)36)17-22(21)19-29(28)38-15-3-9-33-11-13-34(14-12-33)24-7-5-23(31)6-8-24/h5-8,16-20,25H,2-4,9-15H2,1H3/t25-/m0/s1. The van der Waals surface area contributed by atoms with Crippen molar-refractivity contribution in [2.24, 2.45) is 4.99 Å². The zero-order valence-corrected chi connectivity index (χ0v) is 22.5. The number of piperazine rings is 1. The number of rotatable bonds is 7. The number of aliphatic imine (C=N–C) groups is 1. The second-order valence-electron chi connectivity index (χ2n) is 10.2. The fraction of sp³-hybridized carbons (Fsp3) is 0.400. The average Bonchev–Trinajstić information content (AvgIpc) is 3.38. The normalized spacial score (nSPS) is 19.4. The molecule has 0 unspecified atom stereocenters. The molecule has 7 nitrogen and oxygen atoms in total. The molecule has 0 bridgehead atoms. The van der Waals surface area contributed by atoms with E-state index in [1.807, 2.05) is 47.5 Å². The number of ether oxygens (including phenoxy) is 2. The van der Waals surface area contributed by atoms with Crippen LogP contribution in [0.5, 0.6) is 11.5 Å². The fourth-order valence-electron chi connectivity index (χ4n) is 5.72. The van der Waals surface area contributed by atoms with Gasteiger partial charge >= 0.3 is 0 Å². The molecule has 38 heavy (non-hydrogen) atoms. The van der Waals surface area contributed by atoms with Gasteiger partial charge in [0.15, 0.2) is 11.5 Å². The first-order chi connectivity index (χ1) is 18.6. The molecule has 8 heteroatoms. The number of halogens is 1. The molecular weight excluding hydrogens is 500 g/mol. The second-order valence-corrected chi connectivity index (χ2v) is 10.6. The molecule has 0 aliphatic carbocycles. The molecule has 2 saturated heterocycles. The number of fused-ring (bicyclic) bond motifs is 3. The summed E-state index contributed by atoms with van der Waals surface area (Å²) < 4.78 is 11.8. The van der Waals surface area contributed by atoms with Gasteiger partial charge in [-0.3, -0.25) is 14.7 Å². The Kier molecular flexibility index (Phi) is 7.13. The van der Waals surface area contributed by atoms with Crippen LogP contribution in [-0.4, -0.2) is 80.9 Å². The Morgan fingerprint density at radius 3 is 2.53 bits per heavy atom. The van der Waals surface area contributed by atoms with Crippen molar-refractivity contribution in [3.05, 3.63) is 59.1 Å². The van der Waals surface area contributed by atoms with Crippen molar-refractivity contribution in [3.8, 4) is 11.5 Å². The van der Waals surface area contributed by atoms with E-state index in [0.717, 1.165) is 85.8 Å². The highest BCUT2D eigenvalue weighted by Crippen LogP contribution is 2.37. The van der Waals surface area contributed by atoms with Gasteiger partial charge in [0, 0.05) is 56.2 Å². The van der Waals surface area contributed by atoms with Crippen LogP contribution in [0.4, 0.5) is 11.4 Å². The van der Waals surface area contributed by atoms with Crippen molar-refractivity contribution in [1.29, 1.82) is 0 Å². The summed E-state index contributed by atoms with van der Waals surface area (Å²) in [6.45, 7) is 6.48. The Morgan fingerprint density at radius 1 is 0.974 bits per heavy atom. The second kappa shape index (κ2) is 10.8. The lowest BCUT2D eigenvalue weighted by atomic mass is 10.0. The molecule has 0 radical (unpaired) electrons. The van der Waals surface area contributed by atoms with Gasteiger partial charge in [-0.1, -0.05) is 11.6 Å². The molecule has 3 aromatic carbocycles. The van der Waals surface area contributed by atoms with E-state index in [2.05, 4.69) is 26.9 Å². The van der Waals surface area contributed by atoms with E-state index in [1.54, 1.807) is 7.11 Å². The number of benzene rings is 3. The molecule has 2 fully saturated rings. The number of hydrogen-bond donors (Lipinski definition) is 0. The monoisotopic (exact) mass is 532 g/mol. The van der Waals surface area contributed by atoms with Crippen LogP contribution in [0.15, 0.2) is 53.5 Å². The van der Waals surface area contributed by atoms with Crippen LogP contribution in [0, 0.1) is 0 Å². The predicted octanol–water partition coefficient (Wildman–Crippen LogP) is 5.41. The number of hydrogen-bond acceptors (Lipinski definition) is 6. The summed E-state index contributed by atoms with van der Waals surface area (Å²) in [5, 5.41) is 2.71. The van der Waals surface area contributed by atoms with Crippen LogP contribution in [0.2, 0.25) is 5.02 Å². The van der Waals surface area contributed by atoms with E-state index in [4.69, 9.17) is 21.1 Å². The highest BCUT2D eigenvalue weighted by atomic mass is 35.5. The van der Waals surface area contributed by atoms with Gasteiger partial charge in [-0.15, -0.1) is 0 Å². The molecule has 0 saturated carbocycles. The van der Waals surface area contributed by atoms with Gasteiger partial charge in [-0.2, -0.15) is 0 Å². The van der Waals surface area contributed by atoms with Crippen LogP contribution in [0.1, 0.15) is 29.6 Å².